The van der Waals surface area contributed by atoms with E-state index in [9.17, 15) is 9.59 Å². The summed E-state index contributed by atoms with van der Waals surface area (Å²) in [6.45, 7) is 3.33. The normalized spacial score (nSPS) is 24.6. The van der Waals surface area contributed by atoms with Crippen LogP contribution in [0.15, 0.2) is 12.3 Å². The fourth-order valence-corrected chi connectivity index (χ4v) is 4.88. The Balaban J connectivity index is 1.39. The van der Waals surface area contributed by atoms with Gasteiger partial charge in [0.25, 0.3) is 0 Å². The molecule has 5 heterocycles. The van der Waals surface area contributed by atoms with Crippen molar-refractivity contribution in [3.63, 3.8) is 0 Å². The molecule has 0 spiro atoms. The molecule has 0 N–H and O–H groups in total. The Bertz CT molecular complexity index is 905. The second kappa shape index (κ2) is 5.79. The fourth-order valence-electron chi connectivity index (χ4n) is 4.88. The molecule has 3 aliphatic rings. The lowest BCUT2D eigenvalue weighted by Gasteiger charge is -2.36. The molecule has 2 amide bonds. The van der Waals surface area contributed by atoms with Crippen molar-refractivity contribution in [3.05, 3.63) is 29.2 Å². The van der Waals surface area contributed by atoms with E-state index in [0.717, 1.165) is 49.1 Å². The number of aromatic nitrogens is 3. The SMILES string of the molecule is Cc1cc2ncc3c(n2n1)C[C@H]1CC[C@@H]3N1C(=O)CCN1CCCC1=O. The van der Waals surface area contributed by atoms with Gasteiger partial charge in [0, 0.05) is 56.2 Å². The Morgan fingerprint density at radius 2 is 2.23 bits per heavy atom. The van der Waals surface area contributed by atoms with Crippen LogP contribution in [-0.4, -0.2) is 55.3 Å². The van der Waals surface area contributed by atoms with E-state index >= 15 is 0 Å². The molecule has 0 radical (unpaired) electrons. The molecular weight excluding hydrogens is 330 g/mol. The zero-order valence-corrected chi connectivity index (χ0v) is 15.0. The highest BCUT2D eigenvalue weighted by molar-refractivity contribution is 5.81. The van der Waals surface area contributed by atoms with Crippen LogP contribution in [-0.2, 0) is 16.0 Å². The van der Waals surface area contributed by atoms with Gasteiger partial charge in [-0.3, -0.25) is 9.59 Å². The summed E-state index contributed by atoms with van der Waals surface area (Å²) in [5.74, 6) is 0.352. The van der Waals surface area contributed by atoms with Crippen molar-refractivity contribution in [3.8, 4) is 0 Å². The van der Waals surface area contributed by atoms with E-state index in [4.69, 9.17) is 0 Å². The molecule has 3 aliphatic heterocycles. The zero-order valence-electron chi connectivity index (χ0n) is 15.0. The second-order valence-electron chi connectivity index (χ2n) is 7.70. The molecule has 5 rings (SSSR count). The average Bonchev–Trinajstić information content (AvgIpc) is 3.29. The quantitative estimate of drug-likeness (QED) is 0.841. The number of carbonyl (C=O) groups is 2. The minimum absolute atomic E-state index is 0.104. The summed E-state index contributed by atoms with van der Waals surface area (Å²) in [5.41, 5.74) is 4.19. The van der Waals surface area contributed by atoms with Gasteiger partial charge in [-0.05, 0) is 26.2 Å². The topological polar surface area (TPSA) is 70.8 Å². The van der Waals surface area contributed by atoms with Gasteiger partial charge in [0.05, 0.1) is 17.4 Å². The predicted molar refractivity (Wildman–Crippen MR) is 94.5 cm³/mol. The Morgan fingerprint density at radius 3 is 3.04 bits per heavy atom. The lowest BCUT2D eigenvalue weighted by Crippen LogP contribution is -2.44. The van der Waals surface area contributed by atoms with E-state index in [2.05, 4.69) is 15.0 Å². The third-order valence-electron chi connectivity index (χ3n) is 6.08. The summed E-state index contributed by atoms with van der Waals surface area (Å²) in [6, 6.07) is 2.34. The molecule has 0 saturated carbocycles. The van der Waals surface area contributed by atoms with Crippen molar-refractivity contribution in [2.75, 3.05) is 13.1 Å². The Hall–Kier alpha value is -2.44. The first-order valence-corrected chi connectivity index (χ1v) is 9.55. The van der Waals surface area contributed by atoms with E-state index in [1.807, 2.05) is 28.6 Å². The zero-order chi connectivity index (χ0) is 17.8. The highest BCUT2D eigenvalue weighted by Crippen LogP contribution is 2.43. The van der Waals surface area contributed by atoms with Gasteiger partial charge in [0.1, 0.15) is 0 Å². The van der Waals surface area contributed by atoms with Crippen LogP contribution >= 0.6 is 0 Å². The Labute approximate surface area is 152 Å². The van der Waals surface area contributed by atoms with Crippen LogP contribution in [0.4, 0.5) is 0 Å². The van der Waals surface area contributed by atoms with Gasteiger partial charge in [-0.2, -0.15) is 5.10 Å². The average molecular weight is 353 g/mol. The maximum absolute atomic E-state index is 12.9. The summed E-state index contributed by atoms with van der Waals surface area (Å²) in [6.07, 6.45) is 6.74. The number of nitrogens with zero attached hydrogens (tertiary/aromatic N) is 5. The molecule has 2 atom stereocenters. The highest BCUT2D eigenvalue weighted by atomic mass is 16.2. The standard InChI is InChI=1S/C19H23N5O2/c1-12-9-17-20-11-14-15-5-4-13(10-16(14)24(17)21-12)23(15)19(26)6-8-22-7-2-3-18(22)25/h9,11,13,15H,2-8,10H2,1H3/t13-,15+/m1/s1. The number of hydrogen-bond donors (Lipinski definition) is 0. The number of rotatable bonds is 3. The molecule has 2 aromatic rings. The first-order chi connectivity index (χ1) is 12.6. The van der Waals surface area contributed by atoms with Gasteiger partial charge in [-0.1, -0.05) is 0 Å². The van der Waals surface area contributed by atoms with Gasteiger partial charge in [-0.15, -0.1) is 0 Å². The first-order valence-electron chi connectivity index (χ1n) is 9.55. The number of amides is 2. The second-order valence-corrected chi connectivity index (χ2v) is 7.70. The van der Waals surface area contributed by atoms with Crippen LogP contribution in [0.2, 0.25) is 0 Å². The Morgan fingerprint density at radius 1 is 1.35 bits per heavy atom. The van der Waals surface area contributed by atoms with Crippen molar-refractivity contribution in [1.82, 2.24) is 24.4 Å². The number of fused-ring (bicyclic) bond motifs is 6. The van der Waals surface area contributed by atoms with Gasteiger partial charge < -0.3 is 9.80 Å². The molecule has 0 aliphatic carbocycles. The Kier molecular flexibility index (Phi) is 3.52. The number of likely N-dealkylation sites (tertiary alicyclic amines) is 1. The van der Waals surface area contributed by atoms with Crippen LogP contribution in [0.3, 0.4) is 0 Å². The summed E-state index contributed by atoms with van der Waals surface area (Å²) in [4.78, 5) is 33.2. The van der Waals surface area contributed by atoms with Crippen LogP contribution in [0.5, 0.6) is 0 Å². The maximum atomic E-state index is 12.9. The molecule has 2 bridgehead atoms. The molecule has 136 valence electrons. The molecule has 7 heteroatoms. The first kappa shape index (κ1) is 15.8. The molecule has 0 unspecified atom stereocenters. The molecular formula is C19H23N5O2. The van der Waals surface area contributed by atoms with Crippen molar-refractivity contribution in [2.24, 2.45) is 0 Å². The van der Waals surface area contributed by atoms with Gasteiger partial charge in [0.2, 0.25) is 11.8 Å². The monoisotopic (exact) mass is 353 g/mol. The summed E-state index contributed by atoms with van der Waals surface area (Å²) in [5, 5.41) is 4.60. The molecule has 26 heavy (non-hydrogen) atoms. The molecule has 2 fully saturated rings. The molecule has 2 aromatic heterocycles. The molecule has 0 aromatic carbocycles. The predicted octanol–water partition coefficient (Wildman–Crippen LogP) is 1.64. The van der Waals surface area contributed by atoms with E-state index in [1.54, 1.807) is 0 Å². The van der Waals surface area contributed by atoms with Crippen LogP contribution in [0.1, 0.15) is 55.1 Å². The third kappa shape index (κ3) is 2.33. The molecule has 2 saturated heterocycles. The van der Waals surface area contributed by atoms with E-state index < -0.39 is 0 Å². The number of aryl methyl sites for hydroxylation is 1. The van der Waals surface area contributed by atoms with E-state index in [1.165, 1.54) is 5.69 Å². The smallest absolute Gasteiger partial charge is 0.225 e. The molecule has 7 nitrogen and oxygen atoms in total. The van der Waals surface area contributed by atoms with Gasteiger partial charge in [-0.25, -0.2) is 9.50 Å². The number of carbonyl (C=O) groups excluding carboxylic acids is 2. The van der Waals surface area contributed by atoms with Crippen molar-refractivity contribution in [2.45, 2.75) is 57.5 Å². The minimum Gasteiger partial charge on any atom is -0.342 e. The van der Waals surface area contributed by atoms with Crippen LogP contribution < -0.4 is 0 Å². The summed E-state index contributed by atoms with van der Waals surface area (Å²) in [7, 11) is 0. The number of hydrogen-bond acceptors (Lipinski definition) is 4. The van der Waals surface area contributed by atoms with Crippen LogP contribution in [0.25, 0.3) is 5.65 Å². The van der Waals surface area contributed by atoms with Gasteiger partial charge >= 0.3 is 0 Å². The van der Waals surface area contributed by atoms with Crippen molar-refractivity contribution >= 4 is 17.5 Å². The summed E-state index contributed by atoms with van der Waals surface area (Å²) < 4.78 is 1.96. The van der Waals surface area contributed by atoms with Crippen molar-refractivity contribution in [1.29, 1.82) is 0 Å². The lowest BCUT2D eigenvalue weighted by atomic mass is 9.98. The van der Waals surface area contributed by atoms with E-state index in [-0.39, 0.29) is 23.9 Å². The largest absolute Gasteiger partial charge is 0.342 e. The maximum Gasteiger partial charge on any atom is 0.225 e. The van der Waals surface area contributed by atoms with Gasteiger partial charge in [0.15, 0.2) is 5.65 Å². The fraction of sp³-hybridized carbons (Fsp3) is 0.579. The van der Waals surface area contributed by atoms with Crippen molar-refractivity contribution < 1.29 is 9.59 Å². The third-order valence-corrected chi connectivity index (χ3v) is 6.08. The van der Waals surface area contributed by atoms with Crippen LogP contribution in [0, 0.1) is 6.92 Å². The highest BCUT2D eigenvalue weighted by Gasteiger charge is 2.43. The lowest BCUT2D eigenvalue weighted by molar-refractivity contribution is -0.135. The summed E-state index contributed by atoms with van der Waals surface area (Å²) >= 11 is 0. The minimum atomic E-state index is 0.104. The van der Waals surface area contributed by atoms with E-state index in [0.29, 0.717) is 19.4 Å².